The van der Waals surface area contributed by atoms with Crippen molar-refractivity contribution < 1.29 is 22.4 Å². The van der Waals surface area contributed by atoms with Crippen molar-refractivity contribution in [3.05, 3.63) is 36.4 Å². The average Bonchev–Trinajstić information content (AvgIpc) is 3.24. The van der Waals surface area contributed by atoms with E-state index in [0.717, 1.165) is 0 Å². The van der Waals surface area contributed by atoms with Gasteiger partial charge in [0.15, 0.2) is 0 Å². The molecule has 2 atom stereocenters. The summed E-state index contributed by atoms with van der Waals surface area (Å²) in [7, 11) is 0. The van der Waals surface area contributed by atoms with Crippen molar-refractivity contribution in [2.75, 3.05) is 6.54 Å². The molecule has 6 nitrogen and oxygen atoms in total. The molecule has 1 amide bonds. The summed E-state index contributed by atoms with van der Waals surface area (Å²) in [5.74, 6) is -0.907. The van der Waals surface area contributed by atoms with Crippen LogP contribution in [-0.2, 0) is 13.1 Å². The van der Waals surface area contributed by atoms with Gasteiger partial charge in [0.05, 0.1) is 19.6 Å². The van der Waals surface area contributed by atoms with Gasteiger partial charge in [0.25, 0.3) is 5.91 Å². The van der Waals surface area contributed by atoms with E-state index in [0.29, 0.717) is 18.0 Å². The molecule has 0 saturated carbocycles. The Morgan fingerprint density at radius 2 is 2.00 bits per heavy atom. The second-order valence-corrected chi connectivity index (χ2v) is 5.58. The summed E-state index contributed by atoms with van der Waals surface area (Å²) >= 11 is 0. The lowest BCUT2D eigenvalue weighted by Gasteiger charge is -2.25. The van der Waals surface area contributed by atoms with E-state index >= 15 is 0 Å². The van der Waals surface area contributed by atoms with Gasteiger partial charge in [0, 0.05) is 25.0 Å². The zero-order valence-corrected chi connectivity index (χ0v) is 12.5. The van der Waals surface area contributed by atoms with E-state index < -0.39 is 37.3 Å². The summed E-state index contributed by atoms with van der Waals surface area (Å²) < 4.78 is 55.3. The maximum Gasteiger partial charge on any atom is 0.408 e. The lowest BCUT2D eigenvalue weighted by molar-refractivity contribution is -0.170. The predicted octanol–water partition coefficient (Wildman–Crippen LogP) is 1.89. The van der Waals surface area contributed by atoms with Gasteiger partial charge in [-0.05, 0) is 12.1 Å². The van der Waals surface area contributed by atoms with Gasteiger partial charge in [-0.1, -0.05) is 0 Å². The van der Waals surface area contributed by atoms with Crippen LogP contribution < -0.4 is 0 Å². The standard InChI is InChI=1S/C14H15F4N5O/c15-10-8-12(14(16,17)18)23(9-10)13(24)11-2-5-22(20-11)7-6-21-4-1-3-19-21/h1-5,10,12H,6-9H2/t10-,12+/m0/s1. The Bertz CT molecular complexity index is 696. The first-order valence-electron chi connectivity index (χ1n) is 7.37. The molecule has 0 aliphatic carbocycles. The Labute approximate surface area is 134 Å². The number of alkyl halides is 4. The topological polar surface area (TPSA) is 56.0 Å². The van der Waals surface area contributed by atoms with Crippen LogP contribution in [0.5, 0.6) is 0 Å². The van der Waals surface area contributed by atoms with E-state index in [4.69, 9.17) is 0 Å². The van der Waals surface area contributed by atoms with E-state index in [2.05, 4.69) is 10.2 Å². The lowest BCUT2D eigenvalue weighted by Crippen LogP contribution is -2.44. The number of aromatic nitrogens is 4. The van der Waals surface area contributed by atoms with Crippen molar-refractivity contribution in [1.29, 1.82) is 0 Å². The minimum Gasteiger partial charge on any atom is -0.322 e. The highest BCUT2D eigenvalue weighted by atomic mass is 19.4. The molecule has 0 aromatic carbocycles. The first-order chi connectivity index (χ1) is 11.3. The predicted molar refractivity (Wildman–Crippen MR) is 74.8 cm³/mol. The van der Waals surface area contributed by atoms with Gasteiger partial charge in [-0.15, -0.1) is 0 Å². The van der Waals surface area contributed by atoms with Gasteiger partial charge in [0.2, 0.25) is 0 Å². The minimum atomic E-state index is -4.65. The number of halogens is 4. The number of hydrogen-bond donors (Lipinski definition) is 0. The monoisotopic (exact) mass is 345 g/mol. The van der Waals surface area contributed by atoms with Gasteiger partial charge in [-0.3, -0.25) is 14.2 Å². The first kappa shape index (κ1) is 16.5. The number of carbonyl (C=O) groups is 1. The third-order valence-electron chi connectivity index (χ3n) is 3.87. The van der Waals surface area contributed by atoms with E-state index in [1.165, 1.54) is 16.9 Å². The largest absolute Gasteiger partial charge is 0.408 e. The Kier molecular flexibility index (Phi) is 4.29. The van der Waals surface area contributed by atoms with Gasteiger partial charge in [-0.2, -0.15) is 23.4 Å². The van der Waals surface area contributed by atoms with Crippen LogP contribution in [0.4, 0.5) is 17.6 Å². The maximum absolute atomic E-state index is 13.4. The van der Waals surface area contributed by atoms with Crippen molar-refractivity contribution in [1.82, 2.24) is 24.5 Å². The SMILES string of the molecule is O=C(c1ccn(CCn2cccn2)n1)N1C[C@@H](F)C[C@@H]1C(F)(F)F. The number of likely N-dealkylation sites (tertiary alicyclic amines) is 1. The van der Waals surface area contributed by atoms with Crippen LogP contribution in [0.1, 0.15) is 16.9 Å². The van der Waals surface area contributed by atoms with Crippen LogP contribution in [-0.4, -0.2) is 55.3 Å². The lowest BCUT2D eigenvalue weighted by atomic mass is 10.2. The van der Waals surface area contributed by atoms with Crippen molar-refractivity contribution in [3.8, 4) is 0 Å². The molecule has 1 aliphatic heterocycles. The number of nitrogens with zero attached hydrogens (tertiary/aromatic N) is 5. The fourth-order valence-corrected chi connectivity index (χ4v) is 2.70. The molecule has 0 N–H and O–H groups in total. The molecule has 0 bridgehead atoms. The molecule has 1 aliphatic rings. The third-order valence-corrected chi connectivity index (χ3v) is 3.87. The van der Waals surface area contributed by atoms with Crippen LogP contribution in [0.25, 0.3) is 0 Å². The molecular weight excluding hydrogens is 330 g/mol. The molecule has 10 heteroatoms. The van der Waals surface area contributed by atoms with Crippen molar-refractivity contribution in [2.45, 2.75) is 37.9 Å². The molecule has 130 valence electrons. The molecule has 0 unspecified atom stereocenters. The van der Waals surface area contributed by atoms with Gasteiger partial charge in [0.1, 0.15) is 17.9 Å². The van der Waals surface area contributed by atoms with Crippen molar-refractivity contribution in [2.24, 2.45) is 0 Å². The number of rotatable bonds is 4. The zero-order chi connectivity index (χ0) is 17.3. The summed E-state index contributed by atoms with van der Waals surface area (Å²) in [6.45, 7) is 0.344. The molecule has 2 aromatic rings. The van der Waals surface area contributed by atoms with Gasteiger partial charge >= 0.3 is 6.18 Å². The third kappa shape index (κ3) is 3.41. The molecular formula is C14H15F4N5O. The molecule has 0 radical (unpaired) electrons. The van der Waals surface area contributed by atoms with Gasteiger partial charge < -0.3 is 4.90 Å². The van der Waals surface area contributed by atoms with Gasteiger partial charge in [-0.25, -0.2) is 4.39 Å². The van der Waals surface area contributed by atoms with Crippen LogP contribution in [0.2, 0.25) is 0 Å². The Morgan fingerprint density at radius 1 is 1.25 bits per heavy atom. The van der Waals surface area contributed by atoms with Crippen LogP contribution in [0, 0.1) is 0 Å². The Hall–Kier alpha value is -2.39. The molecule has 1 saturated heterocycles. The highest BCUT2D eigenvalue weighted by Crippen LogP contribution is 2.34. The normalized spacial score (nSPS) is 21.4. The minimum absolute atomic E-state index is 0.126. The second-order valence-electron chi connectivity index (χ2n) is 5.58. The smallest absolute Gasteiger partial charge is 0.322 e. The second kappa shape index (κ2) is 6.25. The Morgan fingerprint density at radius 3 is 2.67 bits per heavy atom. The number of aryl methyl sites for hydroxylation is 2. The van der Waals surface area contributed by atoms with Crippen LogP contribution in [0.15, 0.2) is 30.7 Å². The molecule has 0 spiro atoms. The molecule has 2 aromatic heterocycles. The van der Waals surface area contributed by atoms with Crippen LogP contribution >= 0.6 is 0 Å². The highest BCUT2D eigenvalue weighted by Gasteiger charge is 2.51. The van der Waals surface area contributed by atoms with E-state index in [9.17, 15) is 22.4 Å². The molecule has 3 heterocycles. The average molecular weight is 345 g/mol. The summed E-state index contributed by atoms with van der Waals surface area (Å²) in [5.41, 5.74) is -0.126. The first-order valence-corrected chi connectivity index (χ1v) is 7.37. The fourth-order valence-electron chi connectivity index (χ4n) is 2.70. The summed E-state index contributed by atoms with van der Waals surface area (Å²) in [6.07, 6.45) is -2.18. The molecule has 1 fully saturated rings. The fraction of sp³-hybridized carbons (Fsp3) is 0.500. The van der Waals surface area contributed by atoms with E-state index in [1.807, 2.05) is 0 Å². The summed E-state index contributed by atoms with van der Waals surface area (Å²) in [5, 5.41) is 8.01. The van der Waals surface area contributed by atoms with Crippen LogP contribution in [0.3, 0.4) is 0 Å². The Balaban J connectivity index is 1.68. The summed E-state index contributed by atoms with van der Waals surface area (Å²) in [4.78, 5) is 12.8. The number of amides is 1. The van der Waals surface area contributed by atoms with Crippen molar-refractivity contribution in [3.63, 3.8) is 0 Å². The highest BCUT2D eigenvalue weighted by molar-refractivity contribution is 5.92. The summed E-state index contributed by atoms with van der Waals surface area (Å²) in [6, 6.07) is 0.995. The van der Waals surface area contributed by atoms with E-state index in [-0.39, 0.29) is 5.69 Å². The number of carbonyl (C=O) groups excluding carboxylic acids is 1. The molecule has 24 heavy (non-hydrogen) atoms. The molecule has 3 rings (SSSR count). The quantitative estimate of drug-likeness (QED) is 0.796. The van der Waals surface area contributed by atoms with E-state index in [1.54, 1.807) is 23.1 Å². The maximum atomic E-state index is 13.4. The van der Waals surface area contributed by atoms with Crippen molar-refractivity contribution >= 4 is 5.91 Å². The zero-order valence-electron chi connectivity index (χ0n) is 12.5. The number of hydrogen-bond acceptors (Lipinski definition) is 3.